The third-order valence-electron chi connectivity index (χ3n) is 3.99. The second-order valence-corrected chi connectivity index (χ2v) is 9.15. The molecular weight excluding hydrogens is 312 g/mol. The van der Waals surface area contributed by atoms with Gasteiger partial charge in [0.15, 0.2) is 9.84 Å². The first kappa shape index (κ1) is 17.1. The molecule has 1 unspecified atom stereocenters. The van der Waals surface area contributed by atoms with Gasteiger partial charge in [0.05, 0.1) is 23.9 Å². The van der Waals surface area contributed by atoms with Crippen molar-refractivity contribution >= 4 is 27.5 Å². The van der Waals surface area contributed by atoms with Crippen LogP contribution in [0.3, 0.4) is 0 Å². The lowest BCUT2D eigenvalue weighted by molar-refractivity contribution is -0.128. The van der Waals surface area contributed by atoms with Crippen molar-refractivity contribution < 1.29 is 18.3 Å². The van der Waals surface area contributed by atoms with E-state index in [2.05, 4.69) is 4.90 Å². The van der Waals surface area contributed by atoms with E-state index >= 15 is 0 Å². The number of sulfone groups is 1. The number of hydrogen-bond acceptors (Lipinski definition) is 6. The normalized spacial score (nSPS) is 26.7. The topological polar surface area (TPSA) is 77.9 Å². The first-order chi connectivity index (χ1) is 10.00. The molecule has 2 rings (SSSR count). The lowest BCUT2D eigenvalue weighted by Gasteiger charge is -2.22. The van der Waals surface area contributed by atoms with E-state index in [4.69, 9.17) is 5.11 Å². The molecule has 1 amide bonds. The van der Waals surface area contributed by atoms with Gasteiger partial charge in [-0.3, -0.25) is 9.69 Å². The summed E-state index contributed by atoms with van der Waals surface area (Å²) >= 11 is 1.48. The highest BCUT2D eigenvalue weighted by molar-refractivity contribution is 8.02. The van der Waals surface area contributed by atoms with Crippen LogP contribution in [0.4, 0.5) is 0 Å². The first-order valence-electron chi connectivity index (χ1n) is 7.43. The molecule has 0 aromatic heterocycles. The van der Waals surface area contributed by atoms with Gasteiger partial charge in [-0.15, -0.1) is 11.8 Å². The van der Waals surface area contributed by atoms with Crippen LogP contribution in [0.1, 0.15) is 12.8 Å². The molecule has 1 atom stereocenters. The third kappa shape index (κ3) is 5.43. The molecule has 0 radical (unpaired) electrons. The molecule has 2 saturated heterocycles. The fourth-order valence-electron chi connectivity index (χ4n) is 2.76. The quantitative estimate of drug-likeness (QED) is 0.725. The van der Waals surface area contributed by atoms with Crippen molar-refractivity contribution in [1.82, 2.24) is 9.80 Å². The van der Waals surface area contributed by atoms with Crippen molar-refractivity contribution in [2.24, 2.45) is 0 Å². The number of carbonyl (C=O) groups excluding carboxylic acids is 1. The number of β-amino-alcohol motifs (C(OH)–C–C–N with tert-alkyl or cyclic N) is 1. The fraction of sp³-hybridized carbons (Fsp3) is 0.923. The van der Waals surface area contributed by atoms with E-state index in [-0.39, 0.29) is 29.3 Å². The Morgan fingerprint density at radius 3 is 2.71 bits per heavy atom. The summed E-state index contributed by atoms with van der Waals surface area (Å²) in [4.78, 5) is 16.3. The Morgan fingerprint density at radius 2 is 2.05 bits per heavy atom. The Balaban J connectivity index is 1.73. The summed E-state index contributed by atoms with van der Waals surface area (Å²) in [6, 6.07) is 0. The van der Waals surface area contributed by atoms with E-state index in [1.807, 2.05) is 4.90 Å². The van der Waals surface area contributed by atoms with E-state index in [0.29, 0.717) is 25.3 Å². The van der Waals surface area contributed by atoms with E-state index in [0.717, 1.165) is 26.1 Å². The third-order valence-corrected chi connectivity index (χ3v) is 7.26. The predicted octanol–water partition coefficient (Wildman–Crippen LogP) is -0.567. The Labute approximate surface area is 130 Å². The lowest BCUT2D eigenvalue weighted by atomic mass is 10.4. The maximum atomic E-state index is 12.2. The largest absolute Gasteiger partial charge is 0.395 e. The minimum Gasteiger partial charge on any atom is -0.395 e. The number of rotatable bonds is 5. The zero-order chi connectivity index (χ0) is 15.3. The highest BCUT2D eigenvalue weighted by Crippen LogP contribution is 2.24. The molecule has 2 fully saturated rings. The van der Waals surface area contributed by atoms with Crippen molar-refractivity contribution in [3.05, 3.63) is 0 Å². The van der Waals surface area contributed by atoms with Crippen LogP contribution < -0.4 is 0 Å². The van der Waals surface area contributed by atoms with E-state index < -0.39 is 9.84 Å². The van der Waals surface area contributed by atoms with Crippen molar-refractivity contribution in [2.75, 3.05) is 56.6 Å². The second kappa shape index (κ2) is 7.80. The van der Waals surface area contributed by atoms with Crippen LogP contribution >= 0.6 is 11.8 Å². The van der Waals surface area contributed by atoms with Gasteiger partial charge < -0.3 is 10.0 Å². The number of carbonyl (C=O) groups is 1. The molecule has 0 saturated carbocycles. The molecule has 2 aliphatic rings. The van der Waals surface area contributed by atoms with Crippen LogP contribution in [0, 0.1) is 0 Å². The van der Waals surface area contributed by atoms with Gasteiger partial charge in [0.25, 0.3) is 0 Å². The van der Waals surface area contributed by atoms with Crippen LogP contribution in [0.25, 0.3) is 0 Å². The van der Waals surface area contributed by atoms with Gasteiger partial charge in [-0.1, -0.05) is 0 Å². The summed E-state index contributed by atoms with van der Waals surface area (Å²) in [7, 11) is -2.86. The summed E-state index contributed by atoms with van der Waals surface area (Å²) < 4.78 is 22.8. The van der Waals surface area contributed by atoms with Crippen molar-refractivity contribution in [3.8, 4) is 0 Å². The van der Waals surface area contributed by atoms with Crippen LogP contribution in [-0.2, 0) is 14.6 Å². The smallest absolute Gasteiger partial charge is 0.232 e. The Kier molecular flexibility index (Phi) is 6.34. The number of aliphatic hydroxyl groups excluding tert-OH is 1. The van der Waals surface area contributed by atoms with Gasteiger partial charge in [-0.25, -0.2) is 8.42 Å². The van der Waals surface area contributed by atoms with Crippen LogP contribution in [-0.4, -0.2) is 91.1 Å². The summed E-state index contributed by atoms with van der Waals surface area (Å²) in [5.41, 5.74) is 0. The van der Waals surface area contributed by atoms with Crippen molar-refractivity contribution in [2.45, 2.75) is 18.1 Å². The molecule has 6 nitrogen and oxygen atoms in total. The molecule has 0 aromatic carbocycles. The molecular formula is C13H24N2O4S2. The summed E-state index contributed by atoms with van der Waals surface area (Å²) in [5, 5.41) is 9.04. The van der Waals surface area contributed by atoms with E-state index in [9.17, 15) is 13.2 Å². The van der Waals surface area contributed by atoms with Gasteiger partial charge in [-0.2, -0.15) is 0 Å². The molecule has 0 aromatic rings. The van der Waals surface area contributed by atoms with Crippen LogP contribution in [0.15, 0.2) is 0 Å². The molecule has 0 aliphatic carbocycles. The van der Waals surface area contributed by atoms with E-state index in [1.54, 1.807) is 0 Å². The standard InChI is InChI=1S/C13H24N2O4S2/c16-8-7-14-3-1-4-15(6-5-14)13(17)10-20-12-2-9-21(18,19)11-12/h12,16H,1-11H2. The summed E-state index contributed by atoms with van der Waals surface area (Å²) in [6.07, 6.45) is 1.60. The number of thioether (sulfide) groups is 1. The number of aliphatic hydroxyl groups is 1. The monoisotopic (exact) mass is 336 g/mol. The van der Waals surface area contributed by atoms with Gasteiger partial charge in [0.1, 0.15) is 0 Å². The minimum atomic E-state index is -2.86. The molecule has 0 spiro atoms. The minimum absolute atomic E-state index is 0.0804. The first-order valence-corrected chi connectivity index (χ1v) is 10.3. The zero-order valence-corrected chi connectivity index (χ0v) is 13.9. The fourth-order valence-corrected chi connectivity index (χ4v) is 6.30. The van der Waals surface area contributed by atoms with E-state index in [1.165, 1.54) is 11.8 Å². The van der Waals surface area contributed by atoms with Crippen LogP contribution in [0.2, 0.25) is 0 Å². The van der Waals surface area contributed by atoms with Gasteiger partial charge >= 0.3 is 0 Å². The molecule has 2 aliphatic heterocycles. The number of hydrogen-bond donors (Lipinski definition) is 1. The number of amides is 1. The highest BCUT2D eigenvalue weighted by atomic mass is 32.2. The Hall–Kier alpha value is -0.310. The molecule has 8 heteroatoms. The molecule has 0 bridgehead atoms. The molecule has 122 valence electrons. The van der Waals surface area contributed by atoms with Gasteiger partial charge in [0, 0.05) is 31.4 Å². The SMILES string of the molecule is O=C(CSC1CCS(=O)(=O)C1)N1CCCN(CCO)CC1. The van der Waals surface area contributed by atoms with Crippen molar-refractivity contribution in [1.29, 1.82) is 0 Å². The maximum Gasteiger partial charge on any atom is 0.232 e. The van der Waals surface area contributed by atoms with Crippen LogP contribution in [0.5, 0.6) is 0 Å². The average Bonchev–Trinajstić information content (AvgIpc) is 2.63. The second-order valence-electron chi connectivity index (χ2n) is 5.64. The number of nitrogens with zero attached hydrogens (tertiary/aromatic N) is 2. The van der Waals surface area contributed by atoms with Gasteiger partial charge in [0.2, 0.25) is 5.91 Å². The Morgan fingerprint density at radius 1 is 1.24 bits per heavy atom. The summed E-state index contributed by atoms with van der Waals surface area (Å²) in [5.74, 6) is 0.962. The lowest BCUT2D eigenvalue weighted by Crippen LogP contribution is -2.37. The predicted molar refractivity (Wildman–Crippen MR) is 84.2 cm³/mol. The van der Waals surface area contributed by atoms with Crippen molar-refractivity contribution in [3.63, 3.8) is 0 Å². The maximum absolute atomic E-state index is 12.2. The molecule has 1 N–H and O–H groups in total. The molecule has 21 heavy (non-hydrogen) atoms. The van der Waals surface area contributed by atoms with Gasteiger partial charge in [-0.05, 0) is 19.4 Å². The zero-order valence-electron chi connectivity index (χ0n) is 12.2. The summed E-state index contributed by atoms with van der Waals surface area (Å²) in [6.45, 7) is 3.98. The Bertz CT molecular complexity index is 455. The average molecular weight is 336 g/mol. The highest BCUT2D eigenvalue weighted by Gasteiger charge is 2.29. The molecule has 2 heterocycles.